The third kappa shape index (κ3) is 8.57. The molecule has 0 amide bonds. The van der Waals surface area contributed by atoms with Gasteiger partial charge in [-0.1, -0.05) is 81.8 Å². The van der Waals surface area contributed by atoms with Crippen LogP contribution < -0.4 is 10.6 Å². The number of aryl methyl sites for hydroxylation is 1. The van der Waals surface area contributed by atoms with Crippen LogP contribution in [-0.4, -0.2) is 30.3 Å². The van der Waals surface area contributed by atoms with E-state index >= 15 is 0 Å². The maximum absolute atomic E-state index is 4.21. The van der Waals surface area contributed by atoms with Crippen LogP contribution in [0.15, 0.2) is 67.5 Å². The van der Waals surface area contributed by atoms with E-state index < -0.39 is 0 Å². The number of hydrogen-bond acceptors (Lipinski definition) is 4. The summed E-state index contributed by atoms with van der Waals surface area (Å²) < 4.78 is 0. The highest BCUT2D eigenvalue weighted by atomic mass is 32.2. The molecule has 2 N–H and O–H groups in total. The lowest BCUT2D eigenvalue weighted by Gasteiger charge is -2.30. The average molecular weight is 424 g/mol. The molecule has 0 aliphatic heterocycles. The average Bonchev–Trinajstić information content (AvgIpc) is 2.74. The minimum absolute atomic E-state index is 0.244. The van der Waals surface area contributed by atoms with Gasteiger partial charge in [0.1, 0.15) is 0 Å². The molecule has 1 unspecified atom stereocenters. The first-order valence-corrected chi connectivity index (χ1v) is 11.5. The summed E-state index contributed by atoms with van der Waals surface area (Å²) in [4.78, 5) is 2.36. The molecule has 0 bridgehead atoms. The fourth-order valence-corrected chi connectivity index (χ4v) is 3.79. The van der Waals surface area contributed by atoms with Gasteiger partial charge in [-0.2, -0.15) is 0 Å². The molecule has 162 valence electrons. The van der Waals surface area contributed by atoms with Crippen molar-refractivity contribution in [1.29, 1.82) is 0 Å². The second-order valence-electron chi connectivity index (χ2n) is 7.07. The van der Waals surface area contributed by atoms with Crippen molar-refractivity contribution in [2.45, 2.75) is 45.7 Å². The number of benzene rings is 1. The molecule has 0 saturated heterocycles. The Morgan fingerprint density at radius 2 is 2.03 bits per heavy atom. The fourth-order valence-electron chi connectivity index (χ4n) is 3.28. The molecule has 0 aliphatic carbocycles. The first-order valence-electron chi connectivity index (χ1n) is 10.5. The Hall–Kier alpha value is -2.35. The molecule has 4 heteroatoms. The molecule has 0 heterocycles. The summed E-state index contributed by atoms with van der Waals surface area (Å²) in [5.74, 6) is 7.39. The first-order chi connectivity index (χ1) is 14.5. The Labute approximate surface area is 188 Å². The lowest BCUT2D eigenvalue weighted by atomic mass is 9.97. The Bertz CT molecular complexity index is 785. The van der Waals surface area contributed by atoms with Crippen LogP contribution in [0, 0.1) is 11.8 Å². The van der Waals surface area contributed by atoms with E-state index in [0.29, 0.717) is 5.75 Å². The van der Waals surface area contributed by atoms with Gasteiger partial charge in [0.05, 0.1) is 10.8 Å². The van der Waals surface area contributed by atoms with Crippen molar-refractivity contribution in [3.63, 3.8) is 0 Å². The largest absolute Gasteiger partial charge is 0.377 e. The molecule has 1 aromatic carbocycles. The summed E-state index contributed by atoms with van der Waals surface area (Å²) in [6.07, 6.45) is 6.64. The van der Waals surface area contributed by atoms with Gasteiger partial charge in [-0.05, 0) is 43.3 Å². The molecule has 0 aliphatic rings. The maximum Gasteiger partial charge on any atom is 0.0619 e. The molecule has 0 spiro atoms. The summed E-state index contributed by atoms with van der Waals surface area (Å²) in [6.45, 7) is 21.6. The zero-order chi connectivity index (χ0) is 22.4. The van der Waals surface area contributed by atoms with Crippen LogP contribution in [0.4, 0.5) is 0 Å². The Morgan fingerprint density at radius 1 is 1.27 bits per heavy atom. The van der Waals surface area contributed by atoms with Gasteiger partial charge in [0.2, 0.25) is 0 Å². The number of nitrogens with one attached hydrogen (secondary N) is 2. The number of thioether (sulfide) groups is 1. The van der Waals surface area contributed by atoms with E-state index in [-0.39, 0.29) is 6.04 Å². The van der Waals surface area contributed by atoms with E-state index in [1.165, 1.54) is 11.1 Å². The molecular formula is C26H37N3S. The zero-order valence-corrected chi connectivity index (χ0v) is 19.7. The predicted molar refractivity (Wildman–Crippen MR) is 135 cm³/mol. The quantitative estimate of drug-likeness (QED) is 0.308. The smallest absolute Gasteiger partial charge is 0.0619 e. The highest BCUT2D eigenvalue weighted by molar-refractivity contribution is 8.03. The number of hydrogen-bond donors (Lipinski definition) is 2. The topological polar surface area (TPSA) is 27.3 Å². The second-order valence-corrected chi connectivity index (χ2v) is 8.14. The van der Waals surface area contributed by atoms with Crippen LogP contribution in [-0.2, 0) is 13.0 Å². The highest BCUT2D eigenvalue weighted by Gasteiger charge is 2.19. The summed E-state index contributed by atoms with van der Waals surface area (Å²) in [5, 5.41) is 7.29. The van der Waals surface area contributed by atoms with Gasteiger partial charge in [0, 0.05) is 30.4 Å². The molecule has 1 rings (SSSR count). The molecular weight excluding hydrogens is 386 g/mol. The molecule has 0 aromatic heterocycles. The Morgan fingerprint density at radius 3 is 2.67 bits per heavy atom. The van der Waals surface area contributed by atoms with Crippen LogP contribution >= 0.6 is 11.8 Å². The Kier molecular flexibility index (Phi) is 12.5. The molecule has 0 saturated carbocycles. The number of nitrogens with zero attached hydrogens (tertiary/aromatic N) is 1. The van der Waals surface area contributed by atoms with Crippen LogP contribution in [0.25, 0.3) is 0 Å². The van der Waals surface area contributed by atoms with Crippen molar-refractivity contribution < 1.29 is 0 Å². The van der Waals surface area contributed by atoms with Gasteiger partial charge in [-0.25, -0.2) is 0 Å². The monoisotopic (exact) mass is 423 g/mol. The highest BCUT2D eigenvalue weighted by Crippen LogP contribution is 2.21. The van der Waals surface area contributed by atoms with Crippen LogP contribution in [0.1, 0.15) is 43.4 Å². The van der Waals surface area contributed by atoms with Gasteiger partial charge in [-0.15, -0.1) is 6.58 Å². The van der Waals surface area contributed by atoms with E-state index in [4.69, 9.17) is 0 Å². The van der Waals surface area contributed by atoms with E-state index in [2.05, 4.69) is 92.8 Å². The van der Waals surface area contributed by atoms with Crippen molar-refractivity contribution in [3.05, 3.63) is 84.2 Å². The molecule has 0 fully saturated rings. The van der Waals surface area contributed by atoms with E-state index in [0.717, 1.165) is 48.6 Å². The zero-order valence-electron chi connectivity index (χ0n) is 18.9. The molecule has 3 nitrogen and oxygen atoms in total. The molecule has 1 aromatic rings. The maximum atomic E-state index is 4.21. The van der Waals surface area contributed by atoms with Crippen molar-refractivity contribution in [2.75, 3.05) is 19.3 Å². The summed E-state index contributed by atoms with van der Waals surface area (Å²) in [7, 11) is 2.16. The standard InChI is InChI=1S/C26H37N3S/c1-8-14-26(21(5)27-11-4)29(7)20-25-23(10-3)15-12-16-24(25)17-13-19-30-22(6)28-18-9-2/h9,11-12,15-16,26-28H,2,4-6,8,10,14,18-20H2,1,3,7H3. The van der Waals surface area contributed by atoms with Crippen molar-refractivity contribution in [1.82, 2.24) is 15.5 Å². The number of rotatable bonds is 14. The molecule has 30 heavy (non-hydrogen) atoms. The normalized spacial score (nSPS) is 11.2. The van der Waals surface area contributed by atoms with E-state index in [1.54, 1.807) is 18.0 Å². The third-order valence-electron chi connectivity index (χ3n) is 4.83. The summed E-state index contributed by atoms with van der Waals surface area (Å²) >= 11 is 1.62. The van der Waals surface area contributed by atoms with Gasteiger partial charge in [0.15, 0.2) is 0 Å². The SMILES string of the molecule is C=CCNC(=C)SCC#Cc1cccc(CC)c1CN(C)C(CCC)C(=C)NC=C. The summed E-state index contributed by atoms with van der Waals surface area (Å²) in [6, 6.07) is 6.67. The van der Waals surface area contributed by atoms with Gasteiger partial charge in [-0.3, -0.25) is 4.90 Å². The fraction of sp³-hybridized carbons (Fsp3) is 0.385. The van der Waals surface area contributed by atoms with Crippen molar-refractivity contribution in [2.24, 2.45) is 0 Å². The number of likely N-dealkylation sites (N-methyl/N-ethyl adjacent to an activating group) is 1. The van der Waals surface area contributed by atoms with Gasteiger partial charge >= 0.3 is 0 Å². The van der Waals surface area contributed by atoms with Gasteiger partial charge < -0.3 is 10.6 Å². The Balaban J connectivity index is 2.99. The summed E-state index contributed by atoms with van der Waals surface area (Å²) in [5.41, 5.74) is 4.73. The molecule has 1 atom stereocenters. The van der Waals surface area contributed by atoms with Crippen molar-refractivity contribution >= 4 is 11.8 Å². The lowest BCUT2D eigenvalue weighted by Crippen LogP contribution is -2.36. The van der Waals surface area contributed by atoms with E-state index in [1.807, 2.05) is 6.08 Å². The van der Waals surface area contributed by atoms with Crippen LogP contribution in [0.3, 0.4) is 0 Å². The van der Waals surface area contributed by atoms with Gasteiger partial charge in [0.25, 0.3) is 0 Å². The van der Waals surface area contributed by atoms with Crippen LogP contribution in [0.2, 0.25) is 0 Å². The van der Waals surface area contributed by atoms with E-state index in [9.17, 15) is 0 Å². The second kappa shape index (κ2) is 14.6. The third-order valence-corrected chi connectivity index (χ3v) is 5.61. The first kappa shape index (κ1) is 25.7. The molecule has 0 radical (unpaired) electrons. The van der Waals surface area contributed by atoms with Crippen molar-refractivity contribution in [3.8, 4) is 11.8 Å². The minimum atomic E-state index is 0.244. The lowest BCUT2D eigenvalue weighted by molar-refractivity contribution is 0.244. The van der Waals surface area contributed by atoms with Crippen LogP contribution in [0.5, 0.6) is 0 Å². The predicted octanol–water partition coefficient (Wildman–Crippen LogP) is 5.43. The minimum Gasteiger partial charge on any atom is -0.377 e.